The van der Waals surface area contributed by atoms with E-state index < -0.39 is 0 Å². The third-order valence-electron chi connectivity index (χ3n) is 4.13. The van der Waals surface area contributed by atoms with Crippen molar-refractivity contribution in [2.45, 2.75) is 45.4 Å². The minimum absolute atomic E-state index is 0.0859. The van der Waals surface area contributed by atoms with Crippen molar-refractivity contribution in [3.8, 4) is 0 Å². The van der Waals surface area contributed by atoms with Crippen LogP contribution in [-0.4, -0.2) is 18.4 Å². The van der Waals surface area contributed by atoms with Crippen LogP contribution in [0.5, 0.6) is 0 Å². The number of carbonyl (C=O) groups excluding carboxylic acids is 2. The van der Waals surface area contributed by atoms with Gasteiger partial charge in [-0.25, -0.2) is 0 Å². The fraction of sp³-hybridized carbons (Fsp3) is 0.529. The van der Waals surface area contributed by atoms with Crippen LogP contribution in [0.4, 0.5) is 11.4 Å². The van der Waals surface area contributed by atoms with E-state index in [0.717, 1.165) is 42.6 Å². The van der Waals surface area contributed by atoms with Crippen LogP contribution >= 0.6 is 0 Å². The van der Waals surface area contributed by atoms with Crippen molar-refractivity contribution in [1.29, 1.82) is 0 Å². The Hall–Kier alpha value is -1.88. The lowest BCUT2D eigenvalue weighted by atomic mass is 9.88. The fourth-order valence-corrected chi connectivity index (χ4v) is 2.79. The number of amides is 2. The lowest BCUT2D eigenvalue weighted by Gasteiger charge is -2.21. The molecule has 0 bridgehead atoms. The molecule has 0 unspecified atom stereocenters. The third-order valence-corrected chi connectivity index (χ3v) is 4.13. The Kier molecular flexibility index (Phi) is 5.95. The van der Waals surface area contributed by atoms with Crippen LogP contribution in [0.25, 0.3) is 0 Å². The highest BCUT2D eigenvalue weighted by Crippen LogP contribution is 2.26. The van der Waals surface area contributed by atoms with E-state index in [2.05, 4.69) is 10.6 Å². The first-order chi connectivity index (χ1) is 10.6. The van der Waals surface area contributed by atoms with E-state index in [4.69, 9.17) is 5.73 Å². The number of hydrogen-bond donors (Lipinski definition) is 3. The first-order valence-electron chi connectivity index (χ1n) is 8.01. The number of carbonyl (C=O) groups is 2. The van der Waals surface area contributed by atoms with Gasteiger partial charge in [0.15, 0.2) is 0 Å². The summed E-state index contributed by atoms with van der Waals surface area (Å²) in [5.74, 6) is 0.0921. The second kappa shape index (κ2) is 7.94. The topological polar surface area (TPSA) is 84.2 Å². The Bertz CT molecular complexity index is 537. The van der Waals surface area contributed by atoms with Gasteiger partial charge in [0, 0.05) is 30.3 Å². The minimum Gasteiger partial charge on any atom is -0.330 e. The highest BCUT2D eigenvalue weighted by Gasteiger charge is 2.21. The molecule has 0 atom stereocenters. The zero-order valence-corrected chi connectivity index (χ0v) is 13.2. The van der Waals surface area contributed by atoms with Gasteiger partial charge in [0.05, 0.1) is 0 Å². The Morgan fingerprint density at radius 3 is 2.59 bits per heavy atom. The van der Waals surface area contributed by atoms with Crippen molar-refractivity contribution in [1.82, 2.24) is 0 Å². The standard InChI is InChI=1S/C17H25N3O2/c1-12-7-8-14(11-15(12)20-16(21)9-10-18)19-17(22)13-5-3-2-4-6-13/h7-8,11,13H,2-6,9-10,18H2,1H3,(H,19,22)(H,20,21). The van der Waals surface area contributed by atoms with Crippen LogP contribution in [0.3, 0.4) is 0 Å². The van der Waals surface area contributed by atoms with Gasteiger partial charge < -0.3 is 16.4 Å². The Morgan fingerprint density at radius 1 is 1.18 bits per heavy atom. The molecule has 4 N–H and O–H groups in total. The molecule has 0 aromatic heterocycles. The van der Waals surface area contributed by atoms with E-state index in [1.807, 2.05) is 25.1 Å². The maximum absolute atomic E-state index is 12.3. The molecule has 1 aromatic carbocycles. The molecule has 2 amide bonds. The molecule has 0 radical (unpaired) electrons. The quantitative estimate of drug-likeness (QED) is 0.782. The molecule has 1 aliphatic rings. The predicted octanol–water partition coefficient (Wildman–Crippen LogP) is 2.80. The van der Waals surface area contributed by atoms with Gasteiger partial charge in [-0.05, 0) is 37.5 Å². The first-order valence-corrected chi connectivity index (χ1v) is 8.01. The number of nitrogens with one attached hydrogen (secondary N) is 2. The van der Waals surface area contributed by atoms with Crippen molar-refractivity contribution in [2.75, 3.05) is 17.2 Å². The molecular formula is C17H25N3O2. The molecule has 2 rings (SSSR count). The summed E-state index contributed by atoms with van der Waals surface area (Å²) in [6.07, 6.45) is 5.72. The van der Waals surface area contributed by atoms with Crippen molar-refractivity contribution in [3.05, 3.63) is 23.8 Å². The van der Waals surface area contributed by atoms with Crippen LogP contribution in [0.1, 0.15) is 44.1 Å². The molecule has 1 aromatic rings. The van der Waals surface area contributed by atoms with Gasteiger partial charge >= 0.3 is 0 Å². The lowest BCUT2D eigenvalue weighted by molar-refractivity contribution is -0.120. The monoisotopic (exact) mass is 303 g/mol. The summed E-state index contributed by atoms with van der Waals surface area (Å²) in [6, 6.07) is 5.58. The van der Waals surface area contributed by atoms with Gasteiger partial charge in [0.25, 0.3) is 0 Å². The number of hydrogen-bond acceptors (Lipinski definition) is 3. The van der Waals surface area contributed by atoms with E-state index in [1.165, 1.54) is 6.42 Å². The van der Waals surface area contributed by atoms with Gasteiger partial charge in [0.1, 0.15) is 0 Å². The minimum atomic E-state index is -0.110. The van der Waals surface area contributed by atoms with Crippen LogP contribution in [-0.2, 0) is 9.59 Å². The number of aryl methyl sites for hydroxylation is 1. The summed E-state index contributed by atoms with van der Waals surface area (Å²) in [4.78, 5) is 23.9. The van der Waals surface area contributed by atoms with E-state index in [-0.39, 0.29) is 24.2 Å². The number of rotatable bonds is 5. The Morgan fingerprint density at radius 2 is 1.91 bits per heavy atom. The highest BCUT2D eigenvalue weighted by molar-refractivity contribution is 5.95. The number of anilines is 2. The zero-order chi connectivity index (χ0) is 15.9. The van der Waals surface area contributed by atoms with Crippen molar-refractivity contribution < 1.29 is 9.59 Å². The molecule has 22 heavy (non-hydrogen) atoms. The SMILES string of the molecule is Cc1ccc(NC(=O)C2CCCCC2)cc1NC(=O)CCN. The van der Waals surface area contributed by atoms with E-state index >= 15 is 0 Å². The molecule has 0 saturated heterocycles. The normalized spacial score (nSPS) is 15.4. The maximum Gasteiger partial charge on any atom is 0.227 e. The summed E-state index contributed by atoms with van der Waals surface area (Å²) in [7, 11) is 0. The van der Waals surface area contributed by atoms with Crippen LogP contribution in [0.2, 0.25) is 0 Å². The molecule has 0 aliphatic heterocycles. The molecule has 0 spiro atoms. The summed E-state index contributed by atoms with van der Waals surface area (Å²) < 4.78 is 0. The van der Waals surface area contributed by atoms with Gasteiger partial charge in [-0.2, -0.15) is 0 Å². The van der Waals surface area contributed by atoms with E-state index in [0.29, 0.717) is 6.54 Å². The summed E-state index contributed by atoms with van der Waals surface area (Å²) in [6.45, 7) is 2.24. The van der Waals surface area contributed by atoms with Crippen LogP contribution in [0.15, 0.2) is 18.2 Å². The lowest BCUT2D eigenvalue weighted by Crippen LogP contribution is -2.24. The molecule has 5 heteroatoms. The largest absolute Gasteiger partial charge is 0.330 e. The molecule has 1 fully saturated rings. The smallest absolute Gasteiger partial charge is 0.227 e. The average Bonchev–Trinajstić information content (AvgIpc) is 2.51. The third kappa shape index (κ3) is 4.56. The van der Waals surface area contributed by atoms with Crippen LogP contribution < -0.4 is 16.4 Å². The summed E-state index contributed by atoms with van der Waals surface area (Å²) in [5.41, 5.74) is 7.79. The zero-order valence-electron chi connectivity index (χ0n) is 13.2. The predicted molar refractivity (Wildman–Crippen MR) is 88.7 cm³/mol. The summed E-state index contributed by atoms with van der Waals surface area (Å²) >= 11 is 0. The van der Waals surface area contributed by atoms with E-state index in [1.54, 1.807) is 0 Å². The second-order valence-electron chi connectivity index (χ2n) is 5.94. The maximum atomic E-state index is 12.3. The van der Waals surface area contributed by atoms with Crippen molar-refractivity contribution in [2.24, 2.45) is 11.7 Å². The van der Waals surface area contributed by atoms with Gasteiger partial charge in [-0.15, -0.1) is 0 Å². The summed E-state index contributed by atoms with van der Waals surface area (Å²) in [5, 5.41) is 5.80. The second-order valence-corrected chi connectivity index (χ2v) is 5.94. The molecule has 5 nitrogen and oxygen atoms in total. The van der Waals surface area contributed by atoms with Gasteiger partial charge in [0.2, 0.25) is 11.8 Å². The molecule has 1 saturated carbocycles. The molecule has 1 aliphatic carbocycles. The van der Waals surface area contributed by atoms with Crippen LogP contribution in [0, 0.1) is 12.8 Å². The van der Waals surface area contributed by atoms with Gasteiger partial charge in [-0.3, -0.25) is 9.59 Å². The highest BCUT2D eigenvalue weighted by atomic mass is 16.2. The number of benzene rings is 1. The average molecular weight is 303 g/mol. The Labute approximate surface area is 131 Å². The number of nitrogens with two attached hydrogens (primary N) is 1. The first kappa shape index (κ1) is 16.5. The van der Waals surface area contributed by atoms with E-state index in [9.17, 15) is 9.59 Å². The van der Waals surface area contributed by atoms with Crippen molar-refractivity contribution >= 4 is 23.2 Å². The molecule has 120 valence electrons. The molecule has 0 heterocycles. The Balaban J connectivity index is 2.01. The van der Waals surface area contributed by atoms with Crippen molar-refractivity contribution in [3.63, 3.8) is 0 Å². The fourth-order valence-electron chi connectivity index (χ4n) is 2.79. The molecular weight excluding hydrogens is 278 g/mol. The van der Waals surface area contributed by atoms with Gasteiger partial charge in [-0.1, -0.05) is 25.3 Å².